The second kappa shape index (κ2) is 6.20. The third-order valence-electron chi connectivity index (χ3n) is 3.71. The maximum Gasteiger partial charge on any atom is 0.253 e. The number of nitrogens with zero attached hydrogens (tertiary/aromatic N) is 1. The fourth-order valence-corrected chi connectivity index (χ4v) is 2.32. The molecule has 1 saturated carbocycles. The van der Waals surface area contributed by atoms with Gasteiger partial charge >= 0.3 is 0 Å². The molecule has 0 aliphatic heterocycles. The van der Waals surface area contributed by atoms with Crippen LogP contribution in [-0.4, -0.2) is 35.6 Å². The number of aryl methyl sites for hydroxylation is 1. The van der Waals surface area contributed by atoms with E-state index in [0.29, 0.717) is 18.0 Å². The molecule has 1 aliphatic rings. The first kappa shape index (κ1) is 14.1. The van der Waals surface area contributed by atoms with Gasteiger partial charge < -0.3 is 10.0 Å². The van der Waals surface area contributed by atoms with Crippen LogP contribution >= 0.6 is 0 Å². The number of likely N-dealkylation sites (N-methyl/N-ethyl adjacent to an activating group) is 1. The molecule has 3 heteroatoms. The Morgan fingerprint density at radius 3 is 2.53 bits per heavy atom. The molecule has 1 aromatic carbocycles. The third-order valence-corrected chi connectivity index (χ3v) is 3.71. The maximum atomic E-state index is 12.2. The Morgan fingerprint density at radius 2 is 2.00 bits per heavy atom. The number of carbonyl (C=O) groups is 1. The van der Waals surface area contributed by atoms with E-state index in [1.807, 2.05) is 24.3 Å². The highest BCUT2D eigenvalue weighted by molar-refractivity contribution is 5.94. The van der Waals surface area contributed by atoms with E-state index in [4.69, 9.17) is 0 Å². The molecule has 0 bridgehead atoms. The molecule has 3 nitrogen and oxygen atoms in total. The third kappa shape index (κ3) is 3.80. The molecular formula is C16H23NO2. The Bertz CT molecular complexity index is 423. The average molecular weight is 261 g/mol. The fourth-order valence-electron chi connectivity index (χ4n) is 2.32. The van der Waals surface area contributed by atoms with Gasteiger partial charge in [0, 0.05) is 19.2 Å². The number of hydrogen-bond donors (Lipinski definition) is 1. The van der Waals surface area contributed by atoms with Gasteiger partial charge in [-0.3, -0.25) is 4.79 Å². The minimum absolute atomic E-state index is 0.0113. The van der Waals surface area contributed by atoms with Crippen molar-refractivity contribution in [2.75, 3.05) is 13.6 Å². The molecule has 0 saturated heterocycles. The zero-order valence-corrected chi connectivity index (χ0v) is 11.8. The lowest BCUT2D eigenvalue weighted by Gasteiger charge is -2.20. The summed E-state index contributed by atoms with van der Waals surface area (Å²) >= 11 is 0. The van der Waals surface area contributed by atoms with Gasteiger partial charge in [-0.05, 0) is 42.9 Å². The molecule has 0 spiro atoms. The molecule has 1 N–H and O–H groups in total. The molecule has 0 heterocycles. The van der Waals surface area contributed by atoms with Crippen molar-refractivity contribution >= 4 is 5.91 Å². The molecule has 1 aromatic rings. The molecule has 1 unspecified atom stereocenters. The average Bonchev–Trinajstić information content (AvgIpc) is 3.23. The standard InChI is InChI=1S/C16H23NO2/c1-3-4-12-5-7-14(8-6-12)16(19)17(2)11-15(18)13-9-10-13/h5-8,13,15,18H,3-4,9-11H2,1-2H3. The predicted molar refractivity (Wildman–Crippen MR) is 76.1 cm³/mol. The van der Waals surface area contributed by atoms with Crippen molar-refractivity contribution in [3.63, 3.8) is 0 Å². The first-order valence-electron chi connectivity index (χ1n) is 7.14. The van der Waals surface area contributed by atoms with Crippen LogP contribution in [-0.2, 0) is 6.42 Å². The quantitative estimate of drug-likeness (QED) is 0.854. The van der Waals surface area contributed by atoms with E-state index in [1.54, 1.807) is 11.9 Å². The van der Waals surface area contributed by atoms with Crippen LogP contribution in [0.2, 0.25) is 0 Å². The van der Waals surface area contributed by atoms with Gasteiger partial charge in [-0.25, -0.2) is 0 Å². The summed E-state index contributed by atoms with van der Waals surface area (Å²) < 4.78 is 0. The smallest absolute Gasteiger partial charge is 0.253 e. The Morgan fingerprint density at radius 1 is 1.37 bits per heavy atom. The number of aliphatic hydroxyl groups excluding tert-OH is 1. The van der Waals surface area contributed by atoms with Crippen molar-refractivity contribution in [2.45, 2.75) is 38.7 Å². The molecule has 104 valence electrons. The van der Waals surface area contributed by atoms with E-state index in [-0.39, 0.29) is 12.0 Å². The zero-order valence-electron chi connectivity index (χ0n) is 11.8. The van der Waals surface area contributed by atoms with Gasteiger partial charge in [0.1, 0.15) is 0 Å². The number of rotatable bonds is 6. The summed E-state index contributed by atoms with van der Waals surface area (Å²) in [5.74, 6) is 0.393. The number of amides is 1. The van der Waals surface area contributed by atoms with E-state index in [1.165, 1.54) is 5.56 Å². The van der Waals surface area contributed by atoms with Crippen LogP contribution in [0.4, 0.5) is 0 Å². The lowest BCUT2D eigenvalue weighted by molar-refractivity contribution is 0.0645. The molecule has 2 rings (SSSR count). The van der Waals surface area contributed by atoms with Crippen LogP contribution in [0.25, 0.3) is 0 Å². The van der Waals surface area contributed by atoms with E-state index >= 15 is 0 Å². The Balaban J connectivity index is 1.93. The Labute approximate surface area is 115 Å². The van der Waals surface area contributed by atoms with Gasteiger partial charge in [0.25, 0.3) is 5.91 Å². The largest absolute Gasteiger partial charge is 0.391 e. The van der Waals surface area contributed by atoms with Gasteiger partial charge in [0.05, 0.1) is 6.10 Å². The molecule has 19 heavy (non-hydrogen) atoms. The first-order chi connectivity index (χ1) is 9.11. The van der Waals surface area contributed by atoms with Crippen LogP contribution in [0.5, 0.6) is 0 Å². The number of hydrogen-bond acceptors (Lipinski definition) is 2. The van der Waals surface area contributed by atoms with Crippen molar-refractivity contribution in [1.29, 1.82) is 0 Å². The summed E-state index contributed by atoms with van der Waals surface area (Å²) in [5.41, 5.74) is 1.96. The lowest BCUT2D eigenvalue weighted by Crippen LogP contribution is -2.35. The van der Waals surface area contributed by atoms with Crippen molar-refractivity contribution in [2.24, 2.45) is 5.92 Å². The summed E-state index contributed by atoms with van der Waals surface area (Å²) in [7, 11) is 1.76. The normalized spacial score (nSPS) is 16.2. The molecule has 1 atom stereocenters. The molecular weight excluding hydrogens is 238 g/mol. The van der Waals surface area contributed by atoms with Crippen LogP contribution in [0, 0.1) is 5.92 Å². The van der Waals surface area contributed by atoms with Gasteiger partial charge in [0.2, 0.25) is 0 Å². The summed E-state index contributed by atoms with van der Waals surface area (Å²) in [5, 5.41) is 9.88. The van der Waals surface area contributed by atoms with E-state index in [9.17, 15) is 9.90 Å². The van der Waals surface area contributed by atoms with Crippen molar-refractivity contribution in [1.82, 2.24) is 4.90 Å². The topological polar surface area (TPSA) is 40.5 Å². The first-order valence-corrected chi connectivity index (χ1v) is 7.14. The van der Waals surface area contributed by atoms with Crippen LogP contribution in [0.3, 0.4) is 0 Å². The van der Waals surface area contributed by atoms with Crippen LogP contribution in [0.15, 0.2) is 24.3 Å². The summed E-state index contributed by atoms with van der Waals surface area (Å²) in [4.78, 5) is 13.8. The molecule has 1 aliphatic carbocycles. The second-order valence-electron chi connectivity index (χ2n) is 5.54. The lowest BCUT2D eigenvalue weighted by atomic mass is 10.1. The SMILES string of the molecule is CCCc1ccc(C(=O)N(C)CC(O)C2CC2)cc1. The number of aliphatic hydroxyl groups is 1. The summed E-state index contributed by atoms with van der Waals surface area (Å²) in [6, 6.07) is 7.80. The summed E-state index contributed by atoms with van der Waals surface area (Å²) in [6.07, 6.45) is 3.98. The van der Waals surface area contributed by atoms with E-state index in [0.717, 1.165) is 25.7 Å². The second-order valence-corrected chi connectivity index (χ2v) is 5.54. The molecule has 0 radical (unpaired) electrons. The predicted octanol–water partition coefficient (Wildman–Crippen LogP) is 2.48. The van der Waals surface area contributed by atoms with Gasteiger partial charge in [-0.15, -0.1) is 0 Å². The highest BCUT2D eigenvalue weighted by Crippen LogP contribution is 2.32. The minimum Gasteiger partial charge on any atom is -0.391 e. The Hall–Kier alpha value is -1.35. The van der Waals surface area contributed by atoms with E-state index in [2.05, 4.69) is 6.92 Å². The van der Waals surface area contributed by atoms with Crippen molar-refractivity contribution < 1.29 is 9.90 Å². The van der Waals surface area contributed by atoms with Crippen molar-refractivity contribution in [3.8, 4) is 0 Å². The zero-order chi connectivity index (χ0) is 13.8. The Kier molecular flexibility index (Phi) is 4.59. The highest BCUT2D eigenvalue weighted by atomic mass is 16.3. The van der Waals surface area contributed by atoms with Gasteiger partial charge in [-0.2, -0.15) is 0 Å². The number of benzene rings is 1. The monoisotopic (exact) mass is 261 g/mol. The van der Waals surface area contributed by atoms with E-state index < -0.39 is 0 Å². The summed E-state index contributed by atoms with van der Waals surface area (Å²) in [6.45, 7) is 2.58. The number of carbonyl (C=O) groups excluding carboxylic acids is 1. The van der Waals surface area contributed by atoms with Gasteiger partial charge in [-0.1, -0.05) is 25.5 Å². The maximum absolute atomic E-state index is 12.2. The molecule has 1 fully saturated rings. The molecule has 0 aromatic heterocycles. The molecule has 1 amide bonds. The van der Waals surface area contributed by atoms with Crippen LogP contribution in [0.1, 0.15) is 42.1 Å². The highest BCUT2D eigenvalue weighted by Gasteiger charge is 2.31. The minimum atomic E-state index is -0.367. The van der Waals surface area contributed by atoms with Crippen molar-refractivity contribution in [3.05, 3.63) is 35.4 Å². The fraction of sp³-hybridized carbons (Fsp3) is 0.562. The van der Waals surface area contributed by atoms with Gasteiger partial charge in [0.15, 0.2) is 0 Å². The van der Waals surface area contributed by atoms with Crippen LogP contribution < -0.4 is 0 Å².